The maximum absolute atomic E-state index is 5.69. The highest BCUT2D eigenvalue weighted by Gasteiger charge is 2.01. The van der Waals surface area contributed by atoms with E-state index in [1.54, 1.807) is 0 Å². The van der Waals surface area contributed by atoms with Crippen LogP contribution in [0.2, 0.25) is 0 Å². The van der Waals surface area contributed by atoms with Gasteiger partial charge in [0.15, 0.2) is 5.82 Å². The molecule has 0 radical (unpaired) electrons. The SMILES string of the molecule is CCCCCCCCc1cnc(-c2ccc(N)cc2)nc1. The molecular formula is C18H25N3. The molecule has 3 heteroatoms. The maximum atomic E-state index is 5.69. The summed E-state index contributed by atoms with van der Waals surface area (Å²) in [6, 6.07) is 7.67. The van der Waals surface area contributed by atoms with E-state index < -0.39 is 0 Å². The van der Waals surface area contributed by atoms with E-state index in [4.69, 9.17) is 5.73 Å². The normalized spacial score (nSPS) is 10.7. The molecule has 0 amide bonds. The third-order valence-electron chi connectivity index (χ3n) is 3.69. The van der Waals surface area contributed by atoms with Crippen LogP contribution in [0.5, 0.6) is 0 Å². The summed E-state index contributed by atoms with van der Waals surface area (Å²) >= 11 is 0. The second-order valence-electron chi connectivity index (χ2n) is 5.55. The van der Waals surface area contributed by atoms with Crippen LogP contribution in [0.1, 0.15) is 51.0 Å². The number of rotatable bonds is 8. The van der Waals surface area contributed by atoms with Crippen LogP contribution in [-0.4, -0.2) is 9.97 Å². The van der Waals surface area contributed by atoms with E-state index >= 15 is 0 Å². The first-order valence-electron chi connectivity index (χ1n) is 7.96. The molecule has 112 valence electrons. The first kappa shape index (κ1) is 15.5. The third kappa shape index (κ3) is 5.18. The predicted molar refractivity (Wildman–Crippen MR) is 89.0 cm³/mol. The summed E-state index contributed by atoms with van der Waals surface area (Å²) in [7, 11) is 0. The number of hydrogen-bond acceptors (Lipinski definition) is 3. The standard InChI is InChI=1S/C18H25N3/c1-2-3-4-5-6-7-8-15-13-20-18(21-14-15)16-9-11-17(19)12-10-16/h9-14H,2-8,19H2,1H3. The van der Waals surface area contributed by atoms with Crippen LogP contribution in [-0.2, 0) is 6.42 Å². The topological polar surface area (TPSA) is 51.8 Å². The molecule has 1 aromatic carbocycles. The average Bonchev–Trinajstić information content (AvgIpc) is 2.52. The molecule has 0 saturated carbocycles. The number of unbranched alkanes of at least 4 members (excludes halogenated alkanes) is 5. The van der Waals surface area contributed by atoms with Gasteiger partial charge in [-0.2, -0.15) is 0 Å². The van der Waals surface area contributed by atoms with Crippen molar-refractivity contribution in [2.24, 2.45) is 0 Å². The van der Waals surface area contributed by atoms with Crippen LogP contribution >= 0.6 is 0 Å². The maximum Gasteiger partial charge on any atom is 0.159 e. The summed E-state index contributed by atoms with van der Waals surface area (Å²) in [5.41, 5.74) is 8.68. The lowest BCUT2D eigenvalue weighted by Crippen LogP contribution is -1.93. The van der Waals surface area contributed by atoms with E-state index in [1.807, 2.05) is 36.7 Å². The summed E-state index contributed by atoms with van der Waals surface area (Å²) in [4.78, 5) is 8.91. The van der Waals surface area contributed by atoms with Gasteiger partial charge >= 0.3 is 0 Å². The first-order chi connectivity index (χ1) is 10.3. The quantitative estimate of drug-likeness (QED) is 0.567. The van der Waals surface area contributed by atoms with E-state index in [0.29, 0.717) is 0 Å². The van der Waals surface area contributed by atoms with E-state index in [2.05, 4.69) is 16.9 Å². The van der Waals surface area contributed by atoms with Gasteiger partial charge in [0, 0.05) is 23.6 Å². The van der Waals surface area contributed by atoms with Gasteiger partial charge in [-0.05, 0) is 42.7 Å². The fraction of sp³-hybridized carbons (Fsp3) is 0.444. The van der Waals surface area contributed by atoms with Crippen LogP contribution in [0.15, 0.2) is 36.7 Å². The zero-order chi connectivity index (χ0) is 14.9. The van der Waals surface area contributed by atoms with Crippen molar-refractivity contribution in [1.82, 2.24) is 9.97 Å². The van der Waals surface area contributed by atoms with Crippen LogP contribution in [0.25, 0.3) is 11.4 Å². The Balaban J connectivity index is 1.80. The van der Waals surface area contributed by atoms with Gasteiger partial charge in [0.05, 0.1) is 0 Å². The Morgan fingerprint density at radius 2 is 1.48 bits per heavy atom. The number of benzene rings is 1. The Morgan fingerprint density at radius 3 is 2.14 bits per heavy atom. The number of aromatic nitrogens is 2. The van der Waals surface area contributed by atoms with Crippen molar-refractivity contribution in [3.8, 4) is 11.4 Å². The van der Waals surface area contributed by atoms with Crippen molar-refractivity contribution >= 4 is 5.69 Å². The van der Waals surface area contributed by atoms with Crippen LogP contribution in [0.3, 0.4) is 0 Å². The second-order valence-corrected chi connectivity index (χ2v) is 5.55. The summed E-state index contributed by atoms with van der Waals surface area (Å²) in [5, 5.41) is 0. The van der Waals surface area contributed by atoms with E-state index in [1.165, 1.54) is 44.1 Å². The lowest BCUT2D eigenvalue weighted by molar-refractivity contribution is 0.607. The molecule has 0 spiro atoms. The van der Waals surface area contributed by atoms with Gasteiger partial charge in [0.2, 0.25) is 0 Å². The number of anilines is 1. The number of hydrogen-bond donors (Lipinski definition) is 1. The van der Waals surface area contributed by atoms with Gasteiger partial charge in [-0.25, -0.2) is 9.97 Å². The largest absolute Gasteiger partial charge is 0.399 e. The van der Waals surface area contributed by atoms with Crippen LogP contribution in [0, 0.1) is 0 Å². The molecule has 0 aliphatic carbocycles. The highest BCUT2D eigenvalue weighted by molar-refractivity contribution is 5.58. The fourth-order valence-corrected chi connectivity index (χ4v) is 2.37. The van der Waals surface area contributed by atoms with Crippen molar-refractivity contribution < 1.29 is 0 Å². The van der Waals surface area contributed by atoms with Gasteiger partial charge < -0.3 is 5.73 Å². The molecule has 1 heterocycles. The van der Waals surface area contributed by atoms with E-state index in [9.17, 15) is 0 Å². The second kappa shape index (κ2) is 8.40. The Hall–Kier alpha value is -1.90. The van der Waals surface area contributed by atoms with Gasteiger partial charge in [-0.15, -0.1) is 0 Å². The Morgan fingerprint density at radius 1 is 0.857 bits per heavy atom. The van der Waals surface area contributed by atoms with Gasteiger partial charge in [-0.1, -0.05) is 39.0 Å². The van der Waals surface area contributed by atoms with Gasteiger partial charge in [0.1, 0.15) is 0 Å². The van der Waals surface area contributed by atoms with Crippen molar-refractivity contribution in [2.75, 3.05) is 5.73 Å². The van der Waals surface area contributed by atoms with Gasteiger partial charge in [-0.3, -0.25) is 0 Å². The minimum Gasteiger partial charge on any atom is -0.399 e. The summed E-state index contributed by atoms with van der Waals surface area (Å²) in [6.45, 7) is 2.25. The molecule has 2 aromatic rings. The minimum absolute atomic E-state index is 0.762. The van der Waals surface area contributed by atoms with E-state index in [-0.39, 0.29) is 0 Å². The molecule has 2 rings (SSSR count). The van der Waals surface area contributed by atoms with Crippen molar-refractivity contribution in [1.29, 1.82) is 0 Å². The molecule has 0 aliphatic heterocycles. The molecule has 0 aliphatic rings. The molecular weight excluding hydrogens is 258 g/mol. The molecule has 2 N–H and O–H groups in total. The zero-order valence-corrected chi connectivity index (χ0v) is 12.9. The molecule has 0 bridgehead atoms. The van der Waals surface area contributed by atoms with Crippen molar-refractivity contribution in [3.63, 3.8) is 0 Å². The Labute approximate surface area is 127 Å². The van der Waals surface area contributed by atoms with Crippen LogP contribution in [0.4, 0.5) is 5.69 Å². The number of nitrogen functional groups attached to an aromatic ring is 1. The average molecular weight is 283 g/mol. The monoisotopic (exact) mass is 283 g/mol. The highest BCUT2D eigenvalue weighted by Crippen LogP contribution is 2.16. The van der Waals surface area contributed by atoms with Gasteiger partial charge in [0.25, 0.3) is 0 Å². The summed E-state index contributed by atoms with van der Waals surface area (Å²) in [6.07, 6.45) is 12.9. The van der Waals surface area contributed by atoms with Crippen molar-refractivity contribution in [2.45, 2.75) is 51.9 Å². The first-order valence-corrected chi connectivity index (χ1v) is 7.96. The Kier molecular flexibility index (Phi) is 6.20. The van der Waals surface area contributed by atoms with Crippen LogP contribution < -0.4 is 5.73 Å². The predicted octanol–water partition coefficient (Wildman–Crippen LogP) is 4.63. The van der Waals surface area contributed by atoms with E-state index in [0.717, 1.165) is 23.5 Å². The smallest absolute Gasteiger partial charge is 0.159 e. The summed E-state index contributed by atoms with van der Waals surface area (Å²) in [5.74, 6) is 0.765. The fourth-order valence-electron chi connectivity index (χ4n) is 2.37. The summed E-state index contributed by atoms with van der Waals surface area (Å²) < 4.78 is 0. The third-order valence-corrected chi connectivity index (χ3v) is 3.69. The zero-order valence-electron chi connectivity index (χ0n) is 12.9. The number of nitrogens with zero attached hydrogens (tertiary/aromatic N) is 2. The molecule has 1 aromatic heterocycles. The Bertz CT molecular complexity index is 517. The molecule has 21 heavy (non-hydrogen) atoms. The number of nitrogens with two attached hydrogens (primary N) is 1. The lowest BCUT2D eigenvalue weighted by Gasteiger charge is -2.04. The lowest BCUT2D eigenvalue weighted by atomic mass is 10.1. The van der Waals surface area contributed by atoms with Crippen molar-refractivity contribution in [3.05, 3.63) is 42.2 Å². The number of aryl methyl sites for hydroxylation is 1. The minimum atomic E-state index is 0.762. The molecule has 3 nitrogen and oxygen atoms in total. The molecule has 0 unspecified atom stereocenters. The molecule has 0 atom stereocenters. The molecule has 0 saturated heterocycles. The molecule has 0 fully saturated rings. The highest BCUT2D eigenvalue weighted by atomic mass is 14.9.